The topological polar surface area (TPSA) is 180 Å². The maximum Gasteiger partial charge on any atom is 0.251 e. The van der Waals surface area contributed by atoms with Gasteiger partial charge < -0.3 is 40.1 Å². The molecule has 148 valence electrons. The van der Waals surface area contributed by atoms with Crippen molar-refractivity contribution in [3.8, 4) is 0 Å². The minimum atomic E-state index is -0.694. The van der Waals surface area contributed by atoms with Gasteiger partial charge in [0, 0.05) is 28.4 Å². The van der Waals surface area contributed by atoms with E-state index in [4.69, 9.17) is 30.6 Å². The third kappa shape index (κ3) is 22.9. The Morgan fingerprint density at radius 2 is 0.792 bits per heavy atom. The number of ether oxygens (including phenoxy) is 2. The van der Waals surface area contributed by atoms with E-state index in [1.54, 1.807) is 28.4 Å². The van der Waals surface area contributed by atoms with E-state index >= 15 is 0 Å². The molecule has 0 rings (SSSR count). The Kier molecular flexibility index (Phi) is 33.7. The fourth-order valence-electron chi connectivity index (χ4n) is 0.605. The molecular formula is C12H30N2O10. The van der Waals surface area contributed by atoms with Crippen LogP contribution in [-0.4, -0.2) is 121 Å². The number of nitrogens with zero attached hydrogens (tertiary/aromatic N) is 2. The molecule has 0 aliphatic heterocycles. The SMILES string of the molecule is COC.COC.O=C(CO)N(CO)CO.O=C(CO)N(CO)CO. The van der Waals surface area contributed by atoms with Gasteiger partial charge >= 0.3 is 0 Å². The number of hydrogen-bond acceptors (Lipinski definition) is 10. The summed E-state index contributed by atoms with van der Waals surface area (Å²) in [5.74, 6) is -1.39. The molecule has 0 saturated carbocycles. The Morgan fingerprint density at radius 1 is 0.625 bits per heavy atom. The lowest BCUT2D eigenvalue weighted by Gasteiger charge is -2.13. The molecule has 0 fully saturated rings. The zero-order valence-corrected chi connectivity index (χ0v) is 14.5. The molecule has 0 aromatic heterocycles. The highest BCUT2D eigenvalue weighted by molar-refractivity contribution is 5.77. The minimum Gasteiger partial charge on any atom is -0.388 e. The average molecular weight is 362 g/mol. The van der Waals surface area contributed by atoms with Gasteiger partial charge in [0.15, 0.2) is 0 Å². The van der Waals surface area contributed by atoms with Gasteiger partial charge in [-0.1, -0.05) is 0 Å². The van der Waals surface area contributed by atoms with Crippen molar-refractivity contribution in [2.45, 2.75) is 0 Å². The van der Waals surface area contributed by atoms with E-state index in [9.17, 15) is 9.59 Å². The summed E-state index contributed by atoms with van der Waals surface area (Å²) in [5.41, 5.74) is 0. The van der Waals surface area contributed by atoms with Gasteiger partial charge in [0.2, 0.25) is 0 Å². The number of methoxy groups -OCH3 is 2. The zero-order chi connectivity index (χ0) is 20.0. The van der Waals surface area contributed by atoms with E-state index in [0.717, 1.165) is 0 Å². The number of amides is 2. The molecule has 12 nitrogen and oxygen atoms in total. The van der Waals surface area contributed by atoms with Gasteiger partial charge in [-0.3, -0.25) is 19.4 Å². The summed E-state index contributed by atoms with van der Waals surface area (Å²) >= 11 is 0. The van der Waals surface area contributed by atoms with Crippen LogP contribution in [0.1, 0.15) is 0 Å². The summed E-state index contributed by atoms with van der Waals surface area (Å²) < 4.78 is 8.50. The number of carbonyl (C=O) groups is 2. The van der Waals surface area contributed by atoms with Crippen LogP contribution >= 0.6 is 0 Å². The quantitative estimate of drug-likeness (QED) is 0.254. The first-order chi connectivity index (χ1) is 11.3. The molecule has 0 saturated heterocycles. The highest BCUT2D eigenvalue weighted by Gasteiger charge is 2.08. The van der Waals surface area contributed by atoms with Crippen molar-refractivity contribution < 1.29 is 49.7 Å². The molecule has 12 heteroatoms. The maximum atomic E-state index is 10.3. The number of rotatable bonds is 6. The van der Waals surface area contributed by atoms with Crippen LogP contribution < -0.4 is 0 Å². The van der Waals surface area contributed by atoms with Gasteiger partial charge in [0.1, 0.15) is 40.1 Å². The van der Waals surface area contributed by atoms with Crippen LogP contribution in [0, 0.1) is 0 Å². The van der Waals surface area contributed by atoms with E-state index in [2.05, 4.69) is 9.47 Å². The maximum absolute atomic E-state index is 10.3. The van der Waals surface area contributed by atoms with Gasteiger partial charge in [-0.15, -0.1) is 0 Å². The fourth-order valence-corrected chi connectivity index (χ4v) is 0.605. The standard InChI is InChI=1S/2C4H9NO4.2C2H6O/c2*6-1-4(9)5(2-7)3-8;2*1-3-2/h2*6-8H,1-3H2;2*1-2H3. The second kappa shape index (κ2) is 26.5. The van der Waals surface area contributed by atoms with Gasteiger partial charge in [-0.25, -0.2) is 0 Å². The Morgan fingerprint density at radius 3 is 0.833 bits per heavy atom. The Bertz CT molecular complexity index is 234. The molecule has 0 aromatic rings. The molecule has 0 atom stereocenters. The van der Waals surface area contributed by atoms with Gasteiger partial charge in [-0.05, 0) is 0 Å². The molecule has 24 heavy (non-hydrogen) atoms. The van der Waals surface area contributed by atoms with Crippen molar-refractivity contribution in [3.05, 3.63) is 0 Å². The Labute approximate surface area is 141 Å². The van der Waals surface area contributed by atoms with E-state index in [0.29, 0.717) is 9.80 Å². The highest BCUT2D eigenvalue weighted by Crippen LogP contribution is 1.83. The van der Waals surface area contributed by atoms with Crippen molar-refractivity contribution in [3.63, 3.8) is 0 Å². The van der Waals surface area contributed by atoms with Gasteiger partial charge in [0.25, 0.3) is 11.8 Å². The summed E-state index contributed by atoms with van der Waals surface area (Å²) in [7, 11) is 6.50. The predicted octanol–water partition coefficient (Wildman–Crippen LogP) is -4.06. The number of carbonyl (C=O) groups excluding carboxylic acids is 2. The monoisotopic (exact) mass is 362 g/mol. The number of aliphatic hydroxyl groups excluding tert-OH is 6. The smallest absolute Gasteiger partial charge is 0.251 e. The Hall–Kier alpha value is -1.38. The second-order valence-corrected chi connectivity index (χ2v) is 3.57. The summed E-state index contributed by atoms with van der Waals surface area (Å²) in [5, 5.41) is 49.4. The lowest BCUT2D eigenvalue weighted by Crippen LogP contribution is -2.34. The molecule has 0 unspecified atom stereocenters. The highest BCUT2D eigenvalue weighted by atomic mass is 16.5. The lowest BCUT2D eigenvalue weighted by atomic mass is 10.6. The van der Waals surface area contributed by atoms with E-state index in [1.165, 1.54) is 0 Å². The molecular weight excluding hydrogens is 332 g/mol. The van der Waals surface area contributed by atoms with Crippen LogP contribution in [0.3, 0.4) is 0 Å². The van der Waals surface area contributed by atoms with Gasteiger partial charge in [-0.2, -0.15) is 0 Å². The largest absolute Gasteiger partial charge is 0.388 e. The summed E-state index contributed by atoms with van der Waals surface area (Å²) in [6, 6.07) is 0. The third-order valence-electron chi connectivity index (χ3n) is 1.66. The van der Waals surface area contributed by atoms with Crippen molar-refractivity contribution in [2.24, 2.45) is 0 Å². The molecule has 0 spiro atoms. The third-order valence-corrected chi connectivity index (χ3v) is 1.66. The number of aliphatic hydroxyl groups is 6. The zero-order valence-electron chi connectivity index (χ0n) is 14.5. The molecule has 0 aliphatic carbocycles. The molecule has 2 amide bonds. The summed E-state index contributed by atoms with van der Waals surface area (Å²) in [6.07, 6.45) is 0. The first kappa shape index (κ1) is 30.5. The van der Waals surface area contributed by atoms with Crippen LogP contribution in [-0.2, 0) is 19.1 Å². The van der Waals surface area contributed by atoms with Crippen LogP contribution in [0.4, 0.5) is 0 Å². The van der Waals surface area contributed by atoms with Crippen LogP contribution in [0.5, 0.6) is 0 Å². The summed E-state index contributed by atoms with van der Waals surface area (Å²) in [4.78, 5) is 22.0. The van der Waals surface area contributed by atoms with Crippen molar-refractivity contribution in [1.29, 1.82) is 0 Å². The lowest BCUT2D eigenvalue weighted by molar-refractivity contribution is -0.143. The molecule has 0 aliphatic rings. The van der Waals surface area contributed by atoms with Crippen LogP contribution in [0.25, 0.3) is 0 Å². The van der Waals surface area contributed by atoms with E-state index in [1.807, 2.05) is 0 Å². The van der Waals surface area contributed by atoms with Crippen molar-refractivity contribution in [2.75, 3.05) is 68.6 Å². The van der Waals surface area contributed by atoms with Crippen LogP contribution in [0.15, 0.2) is 0 Å². The first-order valence-corrected chi connectivity index (χ1v) is 6.36. The van der Waals surface area contributed by atoms with Gasteiger partial charge in [0.05, 0.1) is 0 Å². The van der Waals surface area contributed by atoms with Crippen LogP contribution in [0.2, 0.25) is 0 Å². The fraction of sp³-hybridized carbons (Fsp3) is 0.833. The summed E-state index contributed by atoms with van der Waals surface area (Å²) in [6.45, 7) is -3.68. The molecule has 6 N–H and O–H groups in total. The number of hydrogen-bond donors (Lipinski definition) is 6. The minimum absolute atomic E-state index is 0.574. The molecule has 0 bridgehead atoms. The average Bonchev–Trinajstić information content (AvgIpc) is 2.58. The predicted molar refractivity (Wildman–Crippen MR) is 82.1 cm³/mol. The van der Waals surface area contributed by atoms with E-state index < -0.39 is 52.0 Å². The second-order valence-electron chi connectivity index (χ2n) is 3.57. The molecule has 0 heterocycles. The molecule has 0 aromatic carbocycles. The van der Waals surface area contributed by atoms with Crippen molar-refractivity contribution in [1.82, 2.24) is 9.80 Å². The molecule has 0 radical (unpaired) electrons. The van der Waals surface area contributed by atoms with E-state index in [-0.39, 0.29) is 0 Å². The first-order valence-electron chi connectivity index (χ1n) is 6.36. The normalized spacial score (nSPS) is 8.42. The van der Waals surface area contributed by atoms with Crippen molar-refractivity contribution >= 4 is 11.8 Å². The Balaban J connectivity index is -0.000000126.